The summed E-state index contributed by atoms with van der Waals surface area (Å²) in [5, 5.41) is 12.0. The molecule has 2 rings (SSSR count). The molecule has 1 fully saturated rings. The molecule has 0 aliphatic carbocycles. The number of likely N-dealkylation sites (tertiary alicyclic amines) is 1. The van der Waals surface area contributed by atoms with Crippen LogP contribution in [-0.2, 0) is 16.1 Å². The van der Waals surface area contributed by atoms with Crippen LogP contribution >= 0.6 is 0 Å². The molecule has 6 nitrogen and oxygen atoms in total. The first-order chi connectivity index (χ1) is 11.6. The Labute approximate surface area is 143 Å². The van der Waals surface area contributed by atoms with Crippen molar-refractivity contribution in [3.63, 3.8) is 0 Å². The lowest BCUT2D eigenvalue weighted by Gasteiger charge is -2.20. The van der Waals surface area contributed by atoms with E-state index in [9.17, 15) is 9.59 Å². The quantitative estimate of drug-likeness (QED) is 0.762. The Kier molecular flexibility index (Phi) is 6.76. The van der Waals surface area contributed by atoms with Gasteiger partial charge in [-0.25, -0.2) is 0 Å². The molecule has 1 aromatic carbocycles. The monoisotopic (exact) mass is 328 g/mol. The number of carbonyl (C=O) groups excluding carboxylic acids is 2. The molecule has 1 aliphatic heterocycles. The van der Waals surface area contributed by atoms with Crippen LogP contribution in [0.3, 0.4) is 0 Å². The summed E-state index contributed by atoms with van der Waals surface area (Å²) >= 11 is 0. The molecule has 1 N–H and O–H groups in total. The van der Waals surface area contributed by atoms with E-state index in [0.29, 0.717) is 26.1 Å². The number of nitriles is 1. The number of carbonyl (C=O) groups is 2. The second-order valence-corrected chi connectivity index (χ2v) is 6.04. The molecule has 2 amide bonds. The van der Waals surface area contributed by atoms with Gasteiger partial charge in [0.25, 0.3) is 0 Å². The first kappa shape index (κ1) is 18.0. The van der Waals surface area contributed by atoms with Crippen LogP contribution in [-0.4, -0.2) is 54.3 Å². The van der Waals surface area contributed by atoms with E-state index in [1.54, 1.807) is 16.8 Å². The fourth-order valence-corrected chi connectivity index (χ4v) is 2.83. The van der Waals surface area contributed by atoms with Crippen LogP contribution in [0.2, 0.25) is 0 Å². The molecule has 1 saturated heterocycles. The lowest BCUT2D eigenvalue weighted by Crippen LogP contribution is -2.41. The third kappa shape index (κ3) is 5.07. The van der Waals surface area contributed by atoms with Crippen LogP contribution in [0.4, 0.5) is 0 Å². The highest BCUT2D eigenvalue weighted by Crippen LogP contribution is 2.15. The minimum atomic E-state index is -0.294. The summed E-state index contributed by atoms with van der Waals surface area (Å²) in [6.07, 6.45) is 1.98. The van der Waals surface area contributed by atoms with Crippen LogP contribution in [0.25, 0.3) is 0 Å². The molecule has 1 aromatic rings. The summed E-state index contributed by atoms with van der Waals surface area (Å²) < 4.78 is 0. The highest BCUT2D eigenvalue weighted by atomic mass is 16.2. The highest BCUT2D eigenvalue weighted by Gasteiger charge is 2.27. The maximum Gasteiger partial charge on any atom is 0.237 e. The minimum Gasteiger partial charge on any atom is -0.341 e. The molecule has 1 atom stereocenters. The van der Waals surface area contributed by atoms with Crippen molar-refractivity contribution in [3.05, 3.63) is 35.9 Å². The SMILES string of the molecule is CN(Cc1ccccc1)C(=O)CCNCC(=O)N1CCC[C@H]1C#N. The third-order valence-electron chi connectivity index (χ3n) is 4.20. The van der Waals surface area contributed by atoms with Gasteiger partial charge in [0.2, 0.25) is 11.8 Å². The third-order valence-corrected chi connectivity index (χ3v) is 4.20. The van der Waals surface area contributed by atoms with Crippen molar-refractivity contribution in [2.75, 3.05) is 26.7 Å². The van der Waals surface area contributed by atoms with Gasteiger partial charge in [0.05, 0.1) is 12.6 Å². The molecule has 0 aromatic heterocycles. The van der Waals surface area contributed by atoms with E-state index < -0.39 is 0 Å². The number of amides is 2. The van der Waals surface area contributed by atoms with Crippen LogP contribution < -0.4 is 5.32 Å². The zero-order valence-corrected chi connectivity index (χ0v) is 14.1. The average Bonchev–Trinajstić information content (AvgIpc) is 3.08. The first-order valence-electron chi connectivity index (χ1n) is 8.29. The van der Waals surface area contributed by atoms with Crippen molar-refractivity contribution in [2.24, 2.45) is 0 Å². The molecule has 24 heavy (non-hydrogen) atoms. The Hall–Kier alpha value is -2.39. The van der Waals surface area contributed by atoms with Gasteiger partial charge in [-0.3, -0.25) is 9.59 Å². The van der Waals surface area contributed by atoms with Gasteiger partial charge in [-0.05, 0) is 18.4 Å². The van der Waals surface area contributed by atoms with Gasteiger partial charge in [0.15, 0.2) is 0 Å². The van der Waals surface area contributed by atoms with Gasteiger partial charge in [-0.1, -0.05) is 30.3 Å². The van der Waals surface area contributed by atoms with E-state index in [1.165, 1.54) is 0 Å². The van der Waals surface area contributed by atoms with Gasteiger partial charge in [0.1, 0.15) is 6.04 Å². The molecule has 0 radical (unpaired) electrons. The predicted molar refractivity (Wildman–Crippen MR) is 90.8 cm³/mol. The molecule has 0 bridgehead atoms. The summed E-state index contributed by atoms with van der Waals surface area (Å²) in [4.78, 5) is 27.5. The minimum absolute atomic E-state index is 0.0369. The Morgan fingerprint density at radius 1 is 1.38 bits per heavy atom. The molecular formula is C18H24N4O2. The van der Waals surface area contributed by atoms with Gasteiger partial charge < -0.3 is 15.1 Å². The molecule has 1 heterocycles. The van der Waals surface area contributed by atoms with Crippen molar-refractivity contribution in [3.8, 4) is 6.07 Å². The van der Waals surface area contributed by atoms with Crippen LogP contribution in [0.15, 0.2) is 30.3 Å². The van der Waals surface area contributed by atoms with Gasteiger partial charge in [0, 0.05) is 33.1 Å². The van der Waals surface area contributed by atoms with E-state index >= 15 is 0 Å². The summed E-state index contributed by atoms with van der Waals surface area (Å²) in [7, 11) is 1.78. The van der Waals surface area contributed by atoms with Crippen molar-refractivity contribution in [2.45, 2.75) is 31.8 Å². The number of rotatable bonds is 7. The van der Waals surface area contributed by atoms with Crippen LogP contribution in [0, 0.1) is 11.3 Å². The zero-order valence-electron chi connectivity index (χ0n) is 14.1. The maximum atomic E-state index is 12.1. The number of nitrogens with one attached hydrogen (secondary N) is 1. The second-order valence-electron chi connectivity index (χ2n) is 6.04. The summed E-state index contributed by atoms with van der Waals surface area (Å²) in [6.45, 7) is 1.86. The Morgan fingerprint density at radius 3 is 2.83 bits per heavy atom. The maximum absolute atomic E-state index is 12.1. The fraction of sp³-hybridized carbons (Fsp3) is 0.500. The number of nitrogens with zero attached hydrogens (tertiary/aromatic N) is 3. The Balaban J connectivity index is 1.65. The molecular weight excluding hydrogens is 304 g/mol. The molecule has 0 unspecified atom stereocenters. The van der Waals surface area contributed by atoms with Crippen molar-refractivity contribution >= 4 is 11.8 Å². The first-order valence-corrected chi connectivity index (χ1v) is 8.29. The van der Waals surface area contributed by atoms with E-state index in [2.05, 4.69) is 11.4 Å². The summed E-state index contributed by atoms with van der Waals surface area (Å²) in [5.74, 6) is -0.0287. The standard InChI is InChI=1S/C18H24N4O2/c1-21(14-15-6-3-2-4-7-15)17(23)9-10-20-13-18(24)22-11-5-8-16(22)12-19/h2-4,6-7,16,20H,5,8-11,13-14H2,1H3/t16-/m0/s1. The van der Waals surface area contributed by atoms with E-state index in [-0.39, 0.29) is 24.4 Å². The summed E-state index contributed by atoms with van der Waals surface area (Å²) in [6, 6.07) is 11.7. The molecule has 1 aliphatic rings. The average molecular weight is 328 g/mol. The Bertz CT molecular complexity index is 597. The normalized spacial score (nSPS) is 16.7. The lowest BCUT2D eigenvalue weighted by molar-refractivity contribution is -0.132. The van der Waals surface area contributed by atoms with E-state index in [1.807, 2.05) is 30.3 Å². The molecule has 128 valence electrons. The fourth-order valence-electron chi connectivity index (χ4n) is 2.83. The second kappa shape index (κ2) is 9.04. The smallest absolute Gasteiger partial charge is 0.237 e. The molecule has 6 heteroatoms. The van der Waals surface area contributed by atoms with Crippen LogP contribution in [0.5, 0.6) is 0 Å². The van der Waals surface area contributed by atoms with Gasteiger partial charge in [-0.15, -0.1) is 0 Å². The lowest BCUT2D eigenvalue weighted by atomic mass is 10.2. The van der Waals surface area contributed by atoms with Crippen molar-refractivity contribution < 1.29 is 9.59 Å². The largest absolute Gasteiger partial charge is 0.341 e. The van der Waals surface area contributed by atoms with E-state index in [4.69, 9.17) is 5.26 Å². The van der Waals surface area contributed by atoms with E-state index in [0.717, 1.165) is 18.4 Å². The number of benzene rings is 1. The Morgan fingerprint density at radius 2 is 2.12 bits per heavy atom. The predicted octanol–water partition coefficient (Wildman–Crippen LogP) is 1.14. The van der Waals surface area contributed by atoms with Crippen molar-refractivity contribution in [1.82, 2.24) is 15.1 Å². The topological polar surface area (TPSA) is 76.4 Å². The zero-order chi connectivity index (χ0) is 17.4. The van der Waals surface area contributed by atoms with Crippen LogP contribution in [0.1, 0.15) is 24.8 Å². The van der Waals surface area contributed by atoms with Gasteiger partial charge >= 0.3 is 0 Å². The number of hydrogen-bond acceptors (Lipinski definition) is 4. The molecule has 0 spiro atoms. The van der Waals surface area contributed by atoms with Gasteiger partial charge in [-0.2, -0.15) is 5.26 Å². The number of hydrogen-bond donors (Lipinski definition) is 1. The van der Waals surface area contributed by atoms with Crippen molar-refractivity contribution in [1.29, 1.82) is 5.26 Å². The highest BCUT2D eigenvalue weighted by molar-refractivity contribution is 5.79. The molecule has 0 saturated carbocycles. The summed E-state index contributed by atoms with van der Waals surface area (Å²) in [5.41, 5.74) is 1.09.